The summed E-state index contributed by atoms with van der Waals surface area (Å²) in [4.78, 5) is 4.22. The molecule has 1 aromatic carbocycles. The number of rotatable bonds is 6. The normalized spacial score (nSPS) is 12.4. The summed E-state index contributed by atoms with van der Waals surface area (Å²) in [5.74, 6) is 1.44. The van der Waals surface area contributed by atoms with Crippen LogP contribution < -0.4 is 4.74 Å². The summed E-state index contributed by atoms with van der Waals surface area (Å²) in [5, 5.41) is 14.6. The fraction of sp³-hybridized carbons (Fsp3) is 0.429. The van der Waals surface area contributed by atoms with Crippen LogP contribution in [0, 0.1) is 0 Å². The van der Waals surface area contributed by atoms with E-state index in [4.69, 9.17) is 4.74 Å². The molecule has 20 heavy (non-hydrogen) atoms. The van der Waals surface area contributed by atoms with Crippen LogP contribution in [0.2, 0.25) is 0 Å². The summed E-state index contributed by atoms with van der Waals surface area (Å²) in [6.07, 6.45) is 2.25. The van der Waals surface area contributed by atoms with Crippen molar-refractivity contribution in [3.63, 3.8) is 0 Å². The van der Waals surface area contributed by atoms with Crippen molar-refractivity contribution in [1.82, 2.24) is 14.8 Å². The number of benzene rings is 1. The maximum atomic E-state index is 10.4. The van der Waals surface area contributed by atoms with Crippen LogP contribution >= 0.6 is 15.9 Å². The zero-order valence-corrected chi connectivity index (χ0v) is 13.2. The molecule has 0 aliphatic heterocycles. The van der Waals surface area contributed by atoms with E-state index in [1.54, 1.807) is 7.11 Å². The standard InChI is InChI=1S/C14H18BrN3O2/c1-3-6-18-14(16-9-17-18)8-12(19)11-5-4-10(15)7-13(11)20-2/h4-5,7,9,12,19H,3,6,8H2,1-2H3. The second-order valence-electron chi connectivity index (χ2n) is 4.51. The molecule has 0 spiro atoms. The van der Waals surface area contributed by atoms with Crippen molar-refractivity contribution in [2.24, 2.45) is 0 Å². The molecular weight excluding hydrogens is 322 g/mol. The van der Waals surface area contributed by atoms with Gasteiger partial charge in [-0.25, -0.2) is 4.98 Å². The molecule has 0 bridgehead atoms. The first-order chi connectivity index (χ1) is 9.65. The van der Waals surface area contributed by atoms with Crippen molar-refractivity contribution in [1.29, 1.82) is 0 Å². The molecule has 5 nitrogen and oxygen atoms in total. The third-order valence-electron chi connectivity index (χ3n) is 3.06. The van der Waals surface area contributed by atoms with Crippen molar-refractivity contribution in [3.8, 4) is 5.75 Å². The Morgan fingerprint density at radius 1 is 1.45 bits per heavy atom. The average molecular weight is 340 g/mol. The van der Waals surface area contributed by atoms with Crippen molar-refractivity contribution in [3.05, 3.63) is 40.4 Å². The first-order valence-corrected chi connectivity index (χ1v) is 7.33. The summed E-state index contributed by atoms with van der Waals surface area (Å²) in [6.45, 7) is 2.89. The molecule has 0 amide bonds. The van der Waals surface area contributed by atoms with Crippen LogP contribution in [0.1, 0.15) is 30.8 Å². The highest BCUT2D eigenvalue weighted by Crippen LogP contribution is 2.30. The SMILES string of the molecule is CCCn1ncnc1CC(O)c1ccc(Br)cc1OC. The Hall–Kier alpha value is -1.40. The predicted octanol–water partition coefficient (Wildman–Crippen LogP) is 2.74. The Labute approximate surface area is 126 Å². The van der Waals surface area contributed by atoms with Gasteiger partial charge < -0.3 is 9.84 Å². The van der Waals surface area contributed by atoms with Gasteiger partial charge in [-0.05, 0) is 18.6 Å². The first kappa shape index (κ1) is 15.0. The molecule has 108 valence electrons. The number of methoxy groups -OCH3 is 1. The lowest BCUT2D eigenvalue weighted by Crippen LogP contribution is -2.11. The molecule has 0 aliphatic carbocycles. The molecule has 1 N–H and O–H groups in total. The molecule has 0 aliphatic rings. The van der Waals surface area contributed by atoms with E-state index < -0.39 is 6.10 Å². The minimum Gasteiger partial charge on any atom is -0.496 e. The monoisotopic (exact) mass is 339 g/mol. The number of halogens is 1. The van der Waals surface area contributed by atoms with Gasteiger partial charge in [0, 0.05) is 23.0 Å². The van der Waals surface area contributed by atoms with Gasteiger partial charge in [0.25, 0.3) is 0 Å². The number of nitrogens with zero attached hydrogens (tertiary/aromatic N) is 3. The topological polar surface area (TPSA) is 60.2 Å². The maximum Gasteiger partial charge on any atom is 0.138 e. The van der Waals surface area contributed by atoms with Gasteiger partial charge in [0.15, 0.2) is 0 Å². The van der Waals surface area contributed by atoms with E-state index in [0.717, 1.165) is 28.8 Å². The van der Waals surface area contributed by atoms with E-state index in [2.05, 4.69) is 32.9 Å². The van der Waals surface area contributed by atoms with Crippen molar-refractivity contribution >= 4 is 15.9 Å². The third kappa shape index (κ3) is 3.37. The highest BCUT2D eigenvalue weighted by Gasteiger charge is 2.17. The number of aryl methyl sites for hydroxylation is 1. The molecule has 2 aromatic rings. The number of aliphatic hydroxyl groups is 1. The van der Waals surface area contributed by atoms with Crippen LogP contribution in [0.3, 0.4) is 0 Å². The minimum atomic E-state index is -0.669. The van der Waals surface area contributed by atoms with Gasteiger partial charge in [-0.1, -0.05) is 28.9 Å². The summed E-state index contributed by atoms with van der Waals surface area (Å²) in [7, 11) is 1.59. The number of hydrogen-bond donors (Lipinski definition) is 1. The van der Waals surface area contributed by atoms with E-state index in [0.29, 0.717) is 12.2 Å². The van der Waals surface area contributed by atoms with Crippen LogP contribution in [-0.4, -0.2) is 27.0 Å². The van der Waals surface area contributed by atoms with E-state index in [9.17, 15) is 5.11 Å². The Balaban J connectivity index is 2.19. The molecule has 1 unspecified atom stereocenters. The zero-order valence-electron chi connectivity index (χ0n) is 11.6. The molecule has 1 aromatic heterocycles. The van der Waals surface area contributed by atoms with Gasteiger partial charge in [-0.2, -0.15) is 5.10 Å². The smallest absolute Gasteiger partial charge is 0.138 e. The molecular formula is C14H18BrN3O2. The third-order valence-corrected chi connectivity index (χ3v) is 3.55. The number of hydrogen-bond acceptors (Lipinski definition) is 4. The lowest BCUT2D eigenvalue weighted by atomic mass is 10.1. The van der Waals surface area contributed by atoms with Crippen LogP contribution in [0.4, 0.5) is 0 Å². The van der Waals surface area contributed by atoms with Gasteiger partial charge in [0.05, 0.1) is 13.2 Å². The van der Waals surface area contributed by atoms with Crippen molar-refractivity contribution < 1.29 is 9.84 Å². The number of aromatic nitrogens is 3. The van der Waals surface area contributed by atoms with Gasteiger partial charge in [0.1, 0.15) is 17.9 Å². The van der Waals surface area contributed by atoms with E-state index in [1.165, 1.54) is 6.33 Å². The lowest BCUT2D eigenvalue weighted by molar-refractivity contribution is 0.169. The van der Waals surface area contributed by atoms with Gasteiger partial charge >= 0.3 is 0 Å². The molecule has 0 saturated carbocycles. The second kappa shape index (κ2) is 6.85. The maximum absolute atomic E-state index is 10.4. The van der Waals surface area contributed by atoms with Crippen LogP contribution in [0.5, 0.6) is 5.75 Å². The molecule has 0 fully saturated rings. The van der Waals surface area contributed by atoms with Gasteiger partial charge in [0.2, 0.25) is 0 Å². The number of ether oxygens (including phenoxy) is 1. The zero-order chi connectivity index (χ0) is 14.5. The molecule has 1 atom stereocenters. The lowest BCUT2D eigenvalue weighted by Gasteiger charge is -2.15. The van der Waals surface area contributed by atoms with E-state index in [-0.39, 0.29) is 0 Å². The van der Waals surface area contributed by atoms with Crippen LogP contribution in [0.25, 0.3) is 0 Å². The average Bonchev–Trinajstić information content (AvgIpc) is 2.86. The minimum absolute atomic E-state index is 0.415. The Morgan fingerprint density at radius 2 is 2.25 bits per heavy atom. The number of aliphatic hydroxyl groups excluding tert-OH is 1. The first-order valence-electron chi connectivity index (χ1n) is 6.54. The summed E-state index contributed by atoms with van der Waals surface area (Å²) in [5.41, 5.74) is 0.752. The fourth-order valence-corrected chi connectivity index (χ4v) is 2.43. The highest BCUT2D eigenvalue weighted by molar-refractivity contribution is 9.10. The van der Waals surface area contributed by atoms with Crippen LogP contribution in [0.15, 0.2) is 29.0 Å². The molecule has 1 heterocycles. The second-order valence-corrected chi connectivity index (χ2v) is 5.42. The summed E-state index contributed by atoms with van der Waals surface area (Å²) < 4.78 is 8.06. The molecule has 2 rings (SSSR count). The van der Waals surface area contributed by atoms with Gasteiger partial charge in [-0.15, -0.1) is 0 Å². The van der Waals surface area contributed by atoms with Crippen molar-refractivity contribution in [2.45, 2.75) is 32.4 Å². The molecule has 6 heteroatoms. The summed E-state index contributed by atoms with van der Waals surface area (Å²) in [6, 6.07) is 5.58. The molecule has 0 saturated heterocycles. The highest BCUT2D eigenvalue weighted by atomic mass is 79.9. The quantitative estimate of drug-likeness (QED) is 0.878. The Morgan fingerprint density at radius 3 is 2.95 bits per heavy atom. The Bertz CT molecular complexity index is 571. The van der Waals surface area contributed by atoms with E-state index >= 15 is 0 Å². The fourth-order valence-electron chi connectivity index (χ4n) is 2.09. The largest absolute Gasteiger partial charge is 0.496 e. The van der Waals surface area contributed by atoms with E-state index in [1.807, 2.05) is 22.9 Å². The van der Waals surface area contributed by atoms with Gasteiger partial charge in [-0.3, -0.25) is 4.68 Å². The summed E-state index contributed by atoms with van der Waals surface area (Å²) >= 11 is 3.39. The predicted molar refractivity (Wildman–Crippen MR) is 79.7 cm³/mol. The van der Waals surface area contributed by atoms with Crippen molar-refractivity contribution in [2.75, 3.05) is 7.11 Å². The van der Waals surface area contributed by atoms with Crippen LogP contribution in [-0.2, 0) is 13.0 Å². The molecule has 0 radical (unpaired) electrons. The Kier molecular flexibility index (Phi) is 5.14.